The van der Waals surface area contributed by atoms with E-state index in [4.69, 9.17) is 4.74 Å². The average Bonchev–Trinajstić information content (AvgIpc) is 2.13. The quantitative estimate of drug-likeness (QED) is 0.479. The molecule has 0 aromatic rings. The van der Waals surface area contributed by atoms with Gasteiger partial charge in [-0.3, -0.25) is 9.00 Å². The standard InChI is InChI=1S/C9H18O4S/c1-3-8(2)7-13-9(10)5-4-6-14(11)12/h8H,3-7H2,1-2H3,(H,11,12)/p-1. The molecule has 14 heavy (non-hydrogen) atoms. The molecule has 0 aliphatic heterocycles. The molecule has 0 amide bonds. The molecule has 5 heteroatoms. The lowest BCUT2D eigenvalue weighted by atomic mass is 10.1. The molecule has 4 nitrogen and oxygen atoms in total. The van der Waals surface area contributed by atoms with Crippen molar-refractivity contribution >= 4 is 17.0 Å². The van der Waals surface area contributed by atoms with E-state index in [2.05, 4.69) is 0 Å². The Balaban J connectivity index is 3.41. The first kappa shape index (κ1) is 13.6. The fourth-order valence-corrected chi connectivity index (χ4v) is 1.14. The van der Waals surface area contributed by atoms with Gasteiger partial charge in [0.2, 0.25) is 0 Å². The average molecular weight is 221 g/mol. The summed E-state index contributed by atoms with van der Waals surface area (Å²) in [6, 6.07) is 0. The first-order valence-corrected chi connectivity index (χ1v) is 6.02. The Labute approximate surface area is 87.3 Å². The van der Waals surface area contributed by atoms with Gasteiger partial charge in [0.15, 0.2) is 0 Å². The summed E-state index contributed by atoms with van der Waals surface area (Å²) in [7, 11) is 0. The minimum atomic E-state index is -2.05. The molecule has 0 aromatic carbocycles. The lowest BCUT2D eigenvalue weighted by molar-refractivity contribution is -0.144. The minimum Gasteiger partial charge on any atom is -0.772 e. The Hall–Kier alpha value is -0.420. The number of ether oxygens (including phenoxy) is 1. The Morgan fingerprint density at radius 3 is 2.71 bits per heavy atom. The number of hydrogen-bond donors (Lipinski definition) is 0. The summed E-state index contributed by atoms with van der Waals surface area (Å²) in [6.45, 7) is 4.45. The molecule has 0 radical (unpaired) electrons. The molecule has 0 aliphatic carbocycles. The van der Waals surface area contributed by atoms with Gasteiger partial charge in [-0.15, -0.1) is 0 Å². The predicted octanol–water partition coefficient (Wildman–Crippen LogP) is 1.24. The highest BCUT2D eigenvalue weighted by molar-refractivity contribution is 7.79. The maximum absolute atomic E-state index is 11.0. The van der Waals surface area contributed by atoms with Gasteiger partial charge in [-0.05, 0) is 12.3 Å². The van der Waals surface area contributed by atoms with Crippen LogP contribution in [0.15, 0.2) is 0 Å². The van der Waals surface area contributed by atoms with Crippen LogP contribution in [0.2, 0.25) is 0 Å². The Kier molecular flexibility index (Phi) is 7.70. The summed E-state index contributed by atoms with van der Waals surface area (Å²) in [5.41, 5.74) is 0. The third-order valence-electron chi connectivity index (χ3n) is 1.92. The van der Waals surface area contributed by atoms with E-state index < -0.39 is 11.1 Å². The molecule has 0 bridgehead atoms. The molecule has 0 saturated heterocycles. The zero-order valence-electron chi connectivity index (χ0n) is 8.65. The van der Waals surface area contributed by atoms with E-state index in [-0.39, 0.29) is 18.1 Å². The SMILES string of the molecule is CCC(C)COC(=O)CCCS(=O)[O-]. The van der Waals surface area contributed by atoms with Crippen LogP contribution in [0.3, 0.4) is 0 Å². The van der Waals surface area contributed by atoms with Crippen LogP contribution in [0.25, 0.3) is 0 Å². The third kappa shape index (κ3) is 8.19. The molecule has 0 aromatic heterocycles. The third-order valence-corrected chi connectivity index (χ3v) is 2.54. The van der Waals surface area contributed by atoms with E-state index in [1.807, 2.05) is 13.8 Å². The van der Waals surface area contributed by atoms with E-state index >= 15 is 0 Å². The molecule has 0 fully saturated rings. The highest BCUT2D eigenvalue weighted by atomic mass is 32.2. The van der Waals surface area contributed by atoms with E-state index in [1.54, 1.807) is 0 Å². The van der Waals surface area contributed by atoms with Crippen molar-refractivity contribution in [1.29, 1.82) is 0 Å². The summed E-state index contributed by atoms with van der Waals surface area (Å²) in [4.78, 5) is 11.0. The molecule has 2 unspecified atom stereocenters. The van der Waals surface area contributed by atoms with E-state index in [9.17, 15) is 13.6 Å². The second kappa shape index (κ2) is 7.94. The van der Waals surface area contributed by atoms with E-state index in [1.165, 1.54) is 0 Å². The number of carbonyl (C=O) groups is 1. The first-order valence-electron chi connectivity index (χ1n) is 4.77. The lowest BCUT2D eigenvalue weighted by Gasteiger charge is -2.09. The second-order valence-electron chi connectivity index (χ2n) is 3.31. The number of hydrogen-bond acceptors (Lipinski definition) is 4. The van der Waals surface area contributed by atoms with Gasteiger partial charge >= 0.3 is 5.97 Å². The van der Waals surface area contributed by atoms with Crippen molar-refractivity contribution in [3.63, 3.8) is 0 Å². The van der Waals surface area contributed by atoms with Crippen LogP contribution < -0.4 is 0 Å². The summed E-state index contributed by atoms with van der Waals surface area (Å²) < 4.78 is 25.2. The van der Waals surface area contributed by atoms with Crippen molar-refractivity contribution in [2.75, 3.05) is 12.4 Å². The zero-order chi connectivity index (χ0) is 11.0. The van der Waals surface area contributed by atoms with Gasteiger partial charge in [0, 0.05) is 12.2 Å². The Morgan fingerprint density at radius 1 is 1.57 bits per heavy atom. The van der Waals surface area contributed by atoms with Gasteiger partial charge in [-0.1, -0.05) is 31.3 Å². The number of carbonyl (C=O) groups excluding carboxylic acids is 1. The van der Waals surface area contributed by atoms with Crippen molar-refractivity contribution in [1.82, 2.24) is 0 Å². The van der Waals surface area contributed by atoms with Crippen LogP contribution in [0.1, 0.15) is 33.1 Å². The highest BCUT2D eigenvalue weighted by Gasteiger charge is 2.05. The number of rotatable bonds is 7. The molecule has 0 N–H and O–H groups in total. The predicted molar refractivity (Wildman–Crippen MR) is 53.4 cm³/mol. The van der Waals surface area contributed by atoms with Gasteiger partial charge in [-0.2, -0.15) is 0 Å². The first-order chi connectivity index (χ1) is 6.56. The Morgan fingerprint density at radius 2 is 2.21 bits per heavy atom. The van der Waals surface area contributed by atoms with Crippen molar-refractivity contribution in [2.24, 2.45) is 5.92 Å². The molecule has 2 atom stereocenters. The Bertz CT molecular complexity index is 193. The van der Waals surface area contributed by atoms with Crippen molar-refractivity contribution in [3.8, 4) is 0 Å². The maximum Gasteiger partial charge on any atom is 0.305 e. The van der Waals surface area contributed by atoms with E-state index in [0.29, 0.717) is 18.9 Å². The van der Waals surface area contributed by atoms with Crippen LogP contribution in [0.4, 0.5) is 0 Å². The van der Waals surface area contributed by atoms with Gasteiger partial charge in [0.05, 0.1) is 6.61 Å². The fraction of sp³-hybridized carbons (Fsp3) is 0.889. The molecule has 0 rings (SSSR count). The van der Waals surface area contributed by atoms with Crippen LogP contribution in [0.5, 0.6) is 0 Å². The summed E-state index contributed by atoms with van der Waals surface area (Å²) in [5, 5.41) is 0. The van der Waals surface area contributed by atoms with Crippen LogP contribution in [0, 0.1) is 5.92 Å². The molecule has 84 valence electrons. The van der Waals surface area contributed by atoms with Gasteiger partial charge in [0.25, 0.3) is 0 Å². The van der Waals surface area contributed by atoms with Crippen molar-refractivity contribution in [2.45, 2.75) is 33.1 Å². The summed E-state index contributed by atoms with van der Waals surface area (Å²) in [6.07, 6.45) is 1.50. The van der Waals surface area contributed by atoms with Crippen LogP contribution >= 0.6 is 0 Å². The molecule has 0 spiro atoms. The highest BCUT2D eigenvalue weighted by Crippen LogP contribution is 2.02. The van der Waals surface area contributed by atoms with Gasteiger partial charge in [-0.25, -0.2) is 0 Å². The largest absolute Gasteiger partial charge is 0.772 e. The summed E-state index contributed by atoms with van der Waals surface area (Å²) >= 11 is -2.05. The normalized spacial score (nSPS) is 14.8. The maximum atomic E-state index is 11.0. The topological polar surface area (TPSA) is 66.4 Å². The van der Waals surface area contributed by atoms with Gasteiger partial charge in [0.1, 0.15) is 0 Å². The van der Waals surface area contributed by atoms with E-state index in [0.717, 1.165) is 6.42 Å². The number of esters is 1. The minimum absolute atomic E-state index is 0.0262. The fourth-order valence-electron chi connectivity index (χ4n) is 0.760. The van der Waals surface area contributed by atoms with Crippen LogP contribution in [-0.4, -0.2) is 27.1 Å². The van der Waals surface area contributed by atoms with Gasteiger partial charge < -0.3 is 9.29 Å². The molecule has 0 heterocycles. The van der Waals surface area contributed by atoms with Crippen molar-refractivity contribution in [3.05, 3.63) is 0 Å². The molecule has 0 aliphatic rings. The van der Waals surface area contributed by atoms with Crippen molar-refractivity contribution < 1.29 is 18.3 Å². The smallest absolute Gasteiger partial charge is 0.305 e. The molecular weight excluding hydrogens is 204 g/mol. The monoisotopic (exact) mass is 221 g/mol. The second-order valence-corrected chi connectivity index (χ2v) is 4.32. The molecular formula is C9H17O4S-. The van der Waals surface area contributed by atoms with Crippen LogP contribution in [-0.2, 0) is 20.6 Å². The molecule has 0 saturated carbocycles. The summed E-state index contributed by atoms with van der Waals surface area (Å²) in [5.74, 6) is 0.0849. The lowest BCUT2D eigenvalue weighted by Crippen LogP contribution is -2.12. The zero-order valence-corrected chi connectivity index (χ0v) is 9.47.